The maximum atomic E-state index is 5.94. The third-order valence-electron chi connectivity index (χ3n) is 3.10. The molecule has 1 aromatic rings. The third-order valence-corrected chi connectivity index (χ3v) is 3.10. The topological polar surface area (TPSA) is 35.2 Å². The van der Waals surface area contributed by atoms with E-state index in [-0.39, 0.29) is 6.04 Å². The highest BCUT2D eigenvalue weighted by Crippen LogP contribution is 2.26. The summed E-state index contributed by atoms with van der Waals surface area (Å²) >= 11 is 0. The lowest BCUT2D eigenvalue weighted by Crippen LogP contribution is -2.24. The molecule has 0 saturated heterocycles. The van der Waals surface area contributed by atoms with Crippen molar-refractivity contribution < 1.29 is 4.74 Å². The summed E-state index contributed by atoms with van der Waals surface area (Å²) in [6.07, 6.45) is 5.15. The Labute approximate surface area is 91.4 Å². The number of hydrogen-bond donors (Lipinski definition) is 1. The van der Waals surface area contributed by atoms with Gasteiger partial charge in [-0.15, -0.1) is 0 Å². The van der Waals surface area contributed by atoms with Crippen molar-refractivity contribution in [3.8, 4) is 5.75 Å². The first-order valence-corrected chi connectivity index (χ1v) is 5.82. The van der Waals surface area contributed by atoms with Crippen LogP contribution in [0.4, 0.5) is 0 Å². The first-order valence-electron chi connectivity index (χ1n) is 5.82. The van der Waals surface area contributed by atoms with Gasteiger partial charge in [0.25, 0.3) is 0 Å². The first-order chi connectivity index (χ1) is 7.29. The number of hydrogen-bond acceptors (Lipinski definition) is 2. The Morgan fingerprint density at radius 3 is 2.47 bits per heavy atom. The van der Waals surface area contributed by atoms with E-state index in [1.807, 2.05) is 12.1 Å². The molecule has 0 amide bonds. The molecule has 1 atom stereocenters. The number of benzene rings is 1. The molecule has 1 aliphatic carbocycles. The summed E-state index contributed by atoms with van der Waals surface area (Å²) < 4.78 is 5.78. The van der Waals surface area contributed by atoms with Crippen molar-refractivity contribution >= 4 is 0 Å². The summed E-state index contributed by atoms with van der Waals surface area (Å²) in [5.74, 6) is 0.978. The molecule has 0 aliphatic heterocycles. The van der Waals surface area contributed by atoms with Crippen LogP contribution < -0.4 is 10.5 Å². The van der Waals surface area contributed by atoms with Gasteiger partial charge in [0.15, 0.2) is 0 Å². The van der Waals surface area contributed by atoms with E-state index in [0.717, 1.165) is 12.2 Å². The molecule has 15 heavy (non-hydrogen) atoms. The highest BCUT2D eigenvalue weighted by Gasteiger charge is 2.18. The lowest BCUT2D eigenvalue weighted by Gasteiger charge is -2.26. The Kier molecular flexibility index (Phi) is 3.27. The predicted molar refractivity (Wildman–Crippen MR) is 61.9 cm³/mol. The fourth-order valence-electron chi connectivity index (χ4n) is 1.71. The molecule has 0 bridgehead atoms. The zero-order chi connectivity index (χ0) is 10.7. The third kappa shape index (κ3) is 2.51. The Bertz CT molecular complexity index is 303. The maximum Gasteiger partial charge on any atom is 0.119 e. The molecule has 0 radical (unpaired) electrons. The van der Waals surface area contributed by atoms with Crippen molar-refractivity contribution in [3.05, 3.63) is 29.8 Å². The smallest absolute Gasteiger partial charge is 0.119 e. The van der Waals surface area contributed by atoms with Gasteiger partial charge in [-0.2, -0.15) is 0 Å². The van der Waals surface area contributed by atoms with Crippen LogP contribution in [-0.2, 0) is 0 Å². The van der Waals surface area contributed by atoms with Crippen molar-refractivity contribution in [2.75, 3.05) is 0 Å². The predicted octanol–water partition coefficient (Wildman–Crippen LogP) is 3.03. The SMILES string of the molecule is CC[C@@H](N)c1ccc(OC2CCC2)cc1. The van der Waals surface area contributed by atoms with Crippen LogP contribution in [0.2, 0.25) is 0 Å². The zero-order valence-corrected chi connectivity index (χ0v) is 9.28. The second-order valence-electron chi connectivity index (χ2n) is 4.25. The Morgan fingerprint density at radius 2 is 2.00 bits per heavy atom. The standard InChI is InChI=1S/C13H19NO/c1-2-13(14)10-6-8-12(9-7-10)15-11-4-3-5-11/h6-9,11,13H,2-5,14H2,1H3/t13-/m1/s1. The van der Waals surface area contributed by atoms with Crippen LogP contribution >= 0.6 is 0 Å². The van der Waals surface area contributed by atoms with E-state index in [1.165, 1.54) is 24.8 Å². The first kappa shape index (κ1) is 10.5. The van der Waals surface area contributed by atoms with Gasteiger partial charge in [-0.1, -0.05) is 19.1 Å². The van der Waals surface area contributed by atoms with Crippen molar-refractivity contribution in [2.45, 2.75) is 44.8 Å². The Morgan fingerprint density at radius 1 is 1.33 bits per heavy atom. The monoisotopic (exact) mass is 205 g/mol. The maximum absolute atomic E-state index is 5.94. The second-order valence-corrected chi connectivity index (χ2v) is 4.25. The molecule has 82 valence electrons. The average Bonchev–Trinajstić information content (AvgIpc) is 2.23. The van der Waals surface area contributed by atoms with Gasteiger partial charge < -0.3 is 10.5 Å². The van der Waals surface area contributed by atoms with Crippen molar-refractivity contribution in [2.24, 2.45) is 5.73 Å². The molecule has 1 aliphatic rings. The van der Waals surface area contributed by atoms with Crippen LogP contribution in [0.3, 0.4) is 0 Å². The van der Waals surface area contributed by atoms with Crippen LogP contribution in [0.5, 0.6) is 5.75 Å². The van der Waals surface area contributed by atoms with Gasteiger partial charge in [0, 0.05) is 6.04 Å². The summed E-state index contributed by atoms with van der Waals surface area (Å²) in [5, 5.41) is 0. The number of ether oxygens (including phenoxy) is 1. The fourth-order valence-corrected chi connectivity index (χ4v) is 1.71. The summed E-state index contributed by atoms with van der Waals surface area (Å²) in [6, 6.07) is 8.36. The van der Waals surface area contributed by atoms with E-state index >= 15 is 0 Å². The second kappa shape index (κ2) is 4.67. The van der Waals surface area contributed by atoms with Crippen molar-refractivity contribution in [3.63, 3.8) is 0 Å². The molecule has 1 aromatic carbocycles. The Balaban J connectivity index is 1.96. The van der Waals surface area contributed by atoms with Gasteiger partial charge in [0.05, 0.1) is 6.10 Å². The number of rotatable bonds is 4. The minimum atomic E-state index is 0.155. The van der Waals surface area contributed by atoms with Gasteiger partial charge >= 0.3 is 0 Å². The summed E-state index contributed by atoms with van der Waals surface area (Å²) in [4.78, 5) is 0. The van der Waals surface area contributed by atoms with Crippen molar-refractivity contribution in [1.82, 2.24) is 0 Å². The van der Waals surface area contributed by atoms with E-state index in [4.69, 9.17) is 10.5 Å². The highest BCUT2D eigenvalue weighted by atomic mass is 16.5. The molecule has 0 spiro atoms. The van der Waals surface area contributed by atoms with E-state index in [1.54, 1.807) is 0 Å². The summed E-state index contributed by atoms with van der Waals surface area (Å²) in [5.41, 5.74) is 7.14. The van der Waals surface area contributed by atoms with Crippen LogP contribution in [0.1, 0.15) is 44.2 Å². The summed E-state index contributed by atoms with van der Waals surface area (Å²) in [7, 11) is 0. The van der Waals surface area contributed by atoms with Crippen LogP contribution in [-0.4, -0.2) is 6.10 Å². The van der Waals surface area contributed by atoms with Gasteiger partial charge in [0.2, 0.25) is 0 Å². The quantitative estimate of drug-likeness (QED) is 0.820. The largest absolute Gasteiger partial charge is 0.490 e. The minimum Gasteiger partial charge on any atom is -0.490 e. The molecule has 0 aromatic heterocycles. The molecular weight excluding hydrogens is 186 g/mol. The molecular formula is C13H19NO. The Hall–Kier alpha value is -1.02. The molecule has 1 fully saturated rings. The lowest BCUT2D eigenvalue weighted by atomic mass is 9.96. The van der Waals surface area contributed by atoms with E-state index < -0.39 is 0 Å². The van der Waals surface area contributed by atoms with Gasteiger partial charge in [-0.05, 0) is 43.4 Å². The van der Waals surface area contributed by atoms with E-state index in [9.17, 15) is 0 Å². The normalized spacial score (nSPS) is 18.3. The van der Waals surface area contributed by atoms with Crippen LogP contribution in [0.15, 0.2) is 24.3 Å². The van der Waals surface area contributed by atoms with Crippen molar-refractivity contribution in [1.29, 1.82) is 0 Å². The summed E-state index contributed by atoms with van der Waals surface area (Å²) in [6.45, 7) is 2.10. The minimum absolute atomic E-state index is 0.155. The van der Waals surface area contributed by atoms with Crippen LogP contribution in [0.25, 0.3) is 0 Å². The molecule has 0 heterocycles. The van der Waals surface area contributed by atoms with E-state index in [0.29, 0.717) is 6.10 Å². The van der Waals surface area contributed by atoms with Crippen LogP contribution in [0, 0.1) is 0 Å². The zero-order valence-electron chi connectivity index (χ0n) is 9.28. The average molecular weight is 205 g/mol. The van der Waals surface area contributed by atoms with Gasteiger partial charge in [-0.25, -0.2) is 0 Å². The van der Waals surface area contributed by atoms with E-state index in [2.05, 4.69) is 19.1 Å². The molecule has 2 rings (SSSR count). The molecule has 0 unspecified atom stereocenters. The van der Waals surface area contributed by atoms with Gasteiger partial charge in [0.1, 0.15) is 5.75 Å². The fraction of sp³-hybridized carbons (Fsp3) is 0.538. The van der Waals surface area contributed by atoms with Gasteiger partial charge in [-0.3, -0.25) is 0 Å². The molecule has 2 nitrogen and oxygen atoms in total. The molecule has 1 saturated carbocycles. The highest BCUT2D eigenvalue weighted by molar-refractivity contribution is 5.29. The number of nitrogens with two attached hydrogens (primary N) is 1. The molecule has 2 N–H and O–H groups in total. The lowest BCUT2D eigenvalue weighted by molar-refractivity contribution is 0.120. The molecule has 2 heteroatoms.